The van der Waals surface area contributed by atoms with Gasteiger partial charge in [0.25, 0.3) is 0 Å². The van der Waals surface area contributed by atoms with Crippen molar-refractivity contribution in [2.75, 3.05) is 7.11 Å². The van der Waals surface area contributed by atoms with Gasteiger partial charge in [-0.3, -0.25) is 11.3 Å². The number of hydrazine groups is 1. The summed E-state index contributed by atoms with van der Waals surface area (Å²) in [7, 11) is 1.65. The lowest BCUT2D eigenvalue weighted by atomic mass is 10.1. The summed E-state index contributed by atoms with van der Waals surface area (Å²) in [5.41, 5.74) is 3.93. The van der Waals surface area contributed by atoms with Crippen LogP contribution in [0.4, 0.5) is 0 Å². The Morgan fingerprint density at radius 3 is 2.71 bits per heavy atom. The van der Waals surface area contributed by atoms with Gasteiger partial charge in [0.05, 0.1) is 11.6 Å². The van der Waals surface area contributed by atoms with Crippen molar-refractivity contribution in [2.24, 2.45) is 5.84 Å². The second-order valence-corrected chi connectivity index (χ2v) is 3.88. The molecule has 3 nitrogen and oxygen atoms in total. The number of benzene rings is 1. The summed E-state index contributed by atoms with van der Waals surface area (Å²) in [4.78, 5) is 0. The van der Waals surface area contributed by atoms with Crippen LogP contribution in [-0.4, -0.2) is 7.11 Å². The molecule has 0 aliphatic heterocycles. The zero-order chi connectivity index (χ0) is 10.6. The average Bonchev–Trinajstić information content (AvgIpc) is 2.20. The standard InChI is InChI=1S/C10H15BrN2O/c1-3-9(13-12)7-4-5-10(14-2)8(11)6-7/h4-6,9,13H,3,12H2,1-2H3. The molecular weight excluding hydrogens is 244 g/mol. The minimum atomic E-state index is 0.192. The van der Waals surface area contributed by atoms with Crippen LogP contribution in [0, 0.1) is 0 Å². The molecule has 0 bridgehead atoms. The molecule has 0 aliphatic carbocycles. The van der Waals surface area contributed by atoms with E-state index in [4.69, 9.17) is 10.6 Å². The van der Waals surface area contributed by atoms with Gasteiger partial charge in [-0.1, -0.05) is 13.0 Å². The Bertz CT molecular complexity index is 300. The van der Waals surface area contributed by atoms with Gasteiger partial charge in [-0.15, -0.1) is 0 Å². The third-order valence-electron chi connectivity index (χ3n) is 2.19. The van der Waals surface area contributed by atoms with E-state index in [-0.39, 0.29) is 6.04 Å². The summed E-state index contributed by atoms with van der Waals surface area (Å²) in [6.07, 6.45) is 0.954. The summed E-state index contributed by atoms with van der Waals surface area (Å²) in [5.74, 6) is 6.27. The van der Waals surface area contributed by atoms with Crippen LogP contribution in [0.25, 0.3) is 0 Å². The average molecular weight is 259 g/mol. The van der Waals surface area contributed by atoms with Gasteiger partial charge in [0.1, 0.15) is 5.75 Å². The van der Waals surface area contributed by atoms with Gasteiger partial charge in [0.2, 0.25) is 0 Å². The van der Waals surface area contributed by atoms with Crippen LogP contribution in [0.3, 0.4) is 0 Å². The zero-order valence-electron chi connectivity index (χ0n) is 8.38. The fourth-order valence-corrected chi connectivity index (χ4v) is 1.91. The molecule has 14 heavy (non-hydrogen) atoms. The Kier molecular flexibility index (Phi) is 4.38. The van der Waals surface area contributed by atoms with Crippen LogP contribution >= 0.6 is 15.9 Å². The van der Waals surface area contributed by atoms with Crippen molar-refractivity contribution < 1.29 is 4.74 Å². The Morgan fingerprint density at radius 1 is 1.57 bits per heavy atom. The van der Waals surface area contributed by atoms with Crippen LogP contribution in [0.15, 0.2) is 22.7 Å². The molecule has 0 radical (unpaired) electrons. The Morgan fingerprint density at radius 2 is 2.29 bits per heavy atom. The molecule has 0 heterocycles. The number of ether oxygens (including phenoxy) is 1. The van der Waals surface area contributed by atoms with Crippen LogP contribution in [0.1, 0.15) is 24.9 Å². The third kappa shape index (κ3) is 2.47. The van der Waals surface area contributed by atoms with E-state index in [1.165, 1.54) is 0 Å². The van der Waals surface area contributed by atoms with Crippen LogP contribution < -0.4 is 16.0 Å². The van der Waals surface area contributed by atoms with E-state index >= 15 is 0 Å². The number of methoxy groups -OCH3 is 1. The highest BCUT2D eigenvalue weighted by Gasteiger charge is 2.08. The van der Waals surface area contributed by atoms with Gasteiger partial charge >= 0.3 is 0 Å². The first-order chi connectivity index (χ1) is 6.72. The van der Waals surface area contributed by atoms with Crippen molar-refractivity contribution in [3.05, 3.63) is 28.2 Å². The molecule has 0 aromatic heterocycles. The Labute approximate surface area is 92.7 Å². The lowest BCUT2D eigenvalue weighted by Crippen LogP contribution is -2.27. The zero-order valence-corrected chi connectivity index (χ0v) is 9.97. The highest BCUT2D eigenvalue weighted by molar-refractivity contribution is 9.10. The van der Waals surface area contributed by atoms with Crippen LogP contribution in [0.2, 0.25) is 0 Å². The molecule has 0 saturated heterocycles. The van der Waals surface area contributed by atoms with E-state index < -0.39 is 0 Å². The van der Waals surface area contributed by atoms with Gasteiger partial charge in [0, 0.05) is 6.04 Å². The number of hydrogen-bond donors (Lipinski definition) is 2. The number of rotatable bonds is 4. The fraction of sp³-hybridized carbons (Fsp3) is 0.400. The van der Waals surface area contributed by atoms with Crippen molar-refractivity contribution in [1.29, 1.82) is 0 Å². The maximum absolute atomic E-state index is 5.44. The molecule has 0 aliphatic rings. The lowest BCUT2D eigenvalue weighted by Gasteiger charge is -2.15. The smallest absolute Gasteiger partial charge is 0.133 e. The summed E-state index contributed by atoms with van der Waals surface area (Å²) in [5, 5.41) is 0. The second-order valence-electron chi connectivity index (χ2n) is 3.02. The van der Waals surface area contributed by atoms with Crippen LogP contribution in [-0.2, 0) is 0 Å². The summed E-state index contributed by atoms with van der Waals surface area (Å²) in [6, 6.07) is 6.15. The highest BCUT2D eigenvalue weighted by atomic mass is 79.9. The van der Waals surface area contributed by atoms with Crippen molar-refractivity contribution in [3.8, 4) is 5.75 Å². The summed E-state index contributed by atoms with van der Waals surface area (Å²) < 4.78 is 6.10. The van der Waals surface area contributed by atoms with E-state index in [1.807, 2.05) is 18.2 Å². The molecule has 1 atom stereocenters. The lowest BCUT2D eigenvalue weighted by molar-refractivity contribution is 0.411. The molecule has 4 heteroatoms. The summed E-state index contributed by atoms with van der Waals surface area (Å²) >= 11 is 3.44. The number of hydrogen-bond acceptors (Lipinski definition) is 3. The van der Waals surface area contributed by atoms with Gasteiger partial charge in [-0.25, -0.2) is 0 Å². The van der Waals surface area contributed by atoms with E-state index in [2.05, 4.69) is 28.3 Å². The van der Waals surface area contributed by atoms with Crippen molar-refractivity contribution in [3.63, 3.8) is 0 Å². The van der Waals surface area contributed by atoms with E-state index in [9.17, 15) is 0 Å². The first-order valence-electron chi connectivity index (χ1n) is 4.52. The number of nitrogens with two attached hydrogens (primary N) is 1. The molecule has 1 unspecified atom stereocenters. The molecule has 0 fully saturated rings. The molecule has 0 amide bonds. The Hall–Kier alpha value is -0.580. The monoisotopic (exact) mass is 258 g/mol. The molecule has 1 aromatic carbocycles. The molecule has 0 saturated carbocycles. The first-order valence-corrected chi connectivity index (χ1v) is 5.31. The minimum Gasteiger partial charge on any atom is -0.496 e. The first kappa shape index (κ1) is 11.5. The quantitative estimate of drug-likeness (QED) is 0.644. The van der Waals surface area contributed by atoms with Gasteiger partial charge in [0.15, 0.2) is 0 Å². The van der Waals surface area contributed by atoms with Gasteiger partial charge in [-0.05, 0) is 40.0 Å². The second kappa shape index (κ2) is 5.34. The van der Waals surface area contributed by atoms with E-state index in [1.54, 1.807) is 7.11 Å². The molecular formula is C10H15BrN2O. The highest BCUT2D eigenvalue weighted by Crippen LogP contribution is 2.28. The maximum atomic E-state index is 5.44. The topological polar surface area (TPSA) is 47.3 Å². The Balaban J connectivity index is 2.95. The van der Waals surface area contributed by atoms with Crippen LogP contribution in [0.5, 0.6) is 5.75 Å². The van der Waals surface area contributed by atoms with Crippen molar-refractivity contribution >= 4 is 15.9 Å². The summed E-state index contributed by atoms with van der Waals surface area (Å²) in [6.45, 7) is 2.09. The van der Waals surface area contributed by atoms with Gasteiger partial charge in [-0.2, -0.15) is 0 Å². The number of halogens is 1. The minimum absolute atomic E-state index is 0.192. The molecule has 3 N–H and O–H groups in total. The van der Waals surface area contributed by atoms with E-state index in [0.717, 1.165) is 22.2 Å². The predicted molar refractivity (Wildman–Crippen MR) is 61.0 cm³/mol. The number of nitrogens with one attached hydrogen (secondary N) is 1. The molecule has 78 valence electrons. The molecule has 0 spiro atoms. The SMILES string of the molecule is CCC(NN)c1ccc(OC)c(Br)c1. The maximum Gasteiger partial charge on any atom is 0.133 e. The van der Waals surface area contributed by atoms with Crippen molar-refractivity contribution in [1.82, 2.24) is 5.43 Å². The molecule has 1 rings (SSSR count). The van der Waals surface area contributed by atoms with Crippen molar-refractivity contribution in [2.45, 2.75) is 19.4 Å². The fourth-order valence-electron chi connectivity index (χ4n) is 1.35. The van der Waals surface area contributed by atoms with Gasteiger partial charge < -0.3 is 4.74 Å². The molecule has 1 aromatic rings. The predicted octanol–water partition coefficient (Wildman–Crippen LogP) is 2.37. The van der Waals surface area contributed by atoms with E-state index in [0.29, 0.717) is 0 Å². The third-order valence-corrected chi connectivity index (χ3v) is 2.81. The normalized spacial score (nSPS) is 12.6. The largest absolute Gasteiger partial charge is 0.496 e.